The van der Waals surface area contributed by atoms with Crippen LogP contribution in [0.2, 0.25) is 0 Å². The number of benzene rings is 1. The van der Waals surface area contributed by atoms with E-state index in [4.69, 9.17) is 5.73 Å². The van der Waals surface area contributed by atoms with E-state index in [9.17, 15) is 47.8 Å². The lowest BCUT2D eigenvalue weighted by molar-refractivity contribution is -0.181. The van der Waals surface area contributed by atoms with Crippen molar-refractivity contribution in [2.45, 2.75) is 42.9 Å². The number of anilines is 1. The van der Waals surface area contributed by atoms with Crippen molar-refractivity contribution in [1.29, 1.82) is 0 Å². The summed E-state index contributed by atoms with van der Waals surface area (Å²) in [7, 11) is 4.16. The van der Waals surface area contributed by atoms with Gasteiger partial charge in [-0.15, -0.1) is 0 Å². The normalized spacial score (nSPS) is 34.2. The van der Waals surface area contributed by atoms with E-state index < -0.39 is 118 Å². The molecule has 2 amide bonds. The fourth-order valence-electron chi connectivity index (χ4n) is 7.21. The number of aliphatic hydroxyl groups is 1. The molecule has 5 rings (SSSR count). The van der Waals surface area contributed by atoms with E-state index in [1.165, 1.54) is 26.0 Å². The topological polar surface area (TPSA) is 187 Å². The van der Waals surface area contributed by atoms with Crippen LogP contribution in [-0.2, 0) is 30.4 Å². The van der Waals surface area contributed by atoms with E-state index in [1.54, 1.807) is 0 Å². The molecule has 1 saturated heterocycles. The first-order valence-corrected chi connectivity index (χ1v) is 13.2. The van der Waals surface area contributed by atoms with E-state index >= 15 is 4.39 Å². The molecule has 3 aliphatic carbocycles. The van der Waals surface area contributed by atoms with Gasteiger partial charge in [-0.3, -0.25) is 38.6 Å². The minimum absolute atomic E-state index is 0.259. The monoisotopic (exact) mass is 594 g/mol. The molecule has 15 heteroatoms. The number of aromatic hydroxyl groups is 1. The standard InChI is InChI=1S/C27H29F3N4O8/c1-33(2)18-11-5-9-4-10-12(28)6-13(32-25(41)14-7-26(29,30)8-34(14)3)19(35)16(10)20(36)15(9)22(38)27(11,42)23(39)17(21(18)37)24(31)40/h6,9,11,14-15,17-18,35,42H,4-5,7-8H2,1-3H3,(H2,31,40)(H,32,41)/t9-,11-,14-,15?,17?,18-,27-/m0/s1. The highest BCUT2D eigenvalue weighted by molar-refractivity contribution is 6.32. The highest BCUT2D eigenvalue weighted by Crippen LogP contribution is 2.51. The number of fused-ring (bicyclic) bond motifs is 3. The average Bonchev–Trinajstić information content (AvgIpc) is 3.16. The Labute approximate surface area is 237 Å². The maximum absolute atomic E-state index is 15.4. The second-order valence-corrected chi connectivity index (χ2v) is 11.9. The number of amides is 2. The van der Waals surface area contributed by atoms with E-state index in [1.807, 2.05) is 0 Å². The maximum atomic E-state index is 15.4. The number of halogens is 3. The van der Waals surface area contributed by atoms with Crippen LogP contribution in [0, 0.1) is 29.5 Å². The van der Waals surface area contributed by atoms with Crippen molar-refractivity contribution in [2.24, 2.45) is 29.4 Å². The molecule has 5 N–H and O–H groups in total. The van der Waals surface area contributed by atoms with Gasteiger partial charge in [-0.25, -0.2) is 13.2 Å². The summed E-state index contributed by atoms with van der Waals surface area (Å²) in [5.41, 5.74) is 0.786. The molecule has 1 heterocycles. The summed E-state index contributed by atoms with van der Waals surface area (Å²) in [4.78, 5) is 81.1. The molecule has 1 aromatic rings. The summed E-state index contributed by atoms with van der Waals surface area (Å²) < 4.78 is 43.0. The number of ketones is 4. The van der Waals surface area contributed by atoms with E-state index in [-0.39, 0.29) is 18.4 Å². The number of likely N-dealkylation sites (N-methyl/N-ethyl adjacent to an activating group) is 2. The highest BCUT2D eigenvalue weighted by Gasteiger charge is 2.69. The third-order valence-electron chi connectivity index (χ3n) is 9.07. The molecule has 12 nitrogen and oxygen atoms in total. The zero-order valence-corrected chi connectivity index (χ0v) is 22.8. The number of likely N-dealkylation sites (tertiary alicyclic amines) is 1. The van der Waals surface area contributed by atoms with Crippen molar-refractivity contribution in [3.05, 3.63) is 23.0 Å². The zero-order valence-electron chi connectivity index (χ0n) is 22.8. The van der Waals surface area contributed by atoms with E-state index in [2.05, 4.69) is 5.32 Å². The van der Waals surface area contributed by atoms with Gasteiger partial charge in [-0.1, -0.05) is 0 Å². The van der Waals surface area contributed by atoms with Gasteiger partial charge in [0.2, 0.25) is 11.8 Å². The number of primary amides is 1. The van der Waals surface area contributed by atoms with Crippen LogP contribution in [-0.4, -0.2) is 106 Å². The lowest BCUT2D eigenvalue weighted by atomic mass is 9.52. The average molecular weight is 595 g/mol. The summed E-state index contributed by atoms with van der Waals surface area (Å²) in [5.74, 6) is -18.5. The van der Waals surface area contributed by atoms with Gasteiger partial charge in [-0.05, 0) is 39.9 Å². The van der Waals surface area contributed by atoms with Crippen LogP contribution in [0.15, 0.2) is 6.07 Å². The van der Waals surface area contributed by atoms with Crippen LogP contribution in [0.25, 0.3) is 0 Å². The number of hydrogen-bond donors (Lipinski definition) is 4. The van der Waals surface area contributed by atoms with Crippen LogP contribution in [0.1, 0.15) is 28.8 Å². The van der Waals surface area contributed by atoms with Crippen molar-refractivity contribution >= 4 is 40.6 Å². The molecule has 7 atom stereocenters. The summed E-state index contributed by atoms with van der Waals surface area (Å²) in [6.07, 6.45) is -1.39. The van der Waals surface area contributed by atoms with E-state index in [0.717, 1.165) is 11.0 Å². The number of carbonyl (C=O) groups excluding carboxylic acids is 6. The Hall–Kier alpha value is -3.69. The molecule has 2 saturated carbocycles. The SMILES string of the molecule is CN(C)[C@@H]1C(=O)C(C(N)=O)C(=O)[C@@]2(O)C(=O)C3C(=O)c4c(O)c(NC(=O)[C@@H]5CC(F)(F)CN5C)cc(F)c4C[C@H]3C[C@@H]12. The Morgan fingerprint density at radius 2 is 1.81 bits per heavy atom. The first kappa shape index (κ1) is 29.8. The Balaban J connectivity index is 1.54. The van der Waals surface area contributed by atoms with Gasteiger partial charge >= 0.3 is 0 Å². The minimum Gasteiger partial charge on any atom is -0.505 e. The van der Waals surface area contributed by atoms with Crippen LogP contribution in [0.3, 0.4) is 0 Å². The molecule has 3 fully saturated rings. The number of phenols is 1. The zero-order chi connectivity index (χ0) is 31.2. The number of rotatable bonds is 4. The molecule has 42 heavy (non-hydrogen) atoms. The molecule has 0 spiro atoms. The predicted octanol–water partition coefficient (Wildman–Crippen LogP) is -0.716. The molecule has 1 aromatic carbocycles. The Kier molecular flexibility index (Phi) is 6.86. The third kappa shape index (κ3) is 4.16. The molecular weight excluding hydrogens is 565 g/mol. The van der Waals surface area contributed by atoms with Gasteiger partial charge in [0.1, 0.15) is 11.6 Å². The fourth-order valence-corrected chi connectivity index (χ4v) is 7.21. The number of carbonyl (C=O) groups is 6. The van der Waals surface area contributed by atoms with Gasteiger partial charge in [0.25, 0.3) is 5.92 Å². The number of nitrogens with zero attached hydrogens (tertiary/aromatic N) is 2. The second-order valence-electron chi connectivity index (χ2n) is 11.9. The highest BCUT2D eigenvalue weighted by atomic mass is 19.3. The lowest BCUT2D eigenvalue weighted by Gasteiger charge is -2.52. The largest absolute Gasteiger partial charge is 0.505 e. The third-order valence-corrected chi connectivity index (χ3v) is 9.07. The fraction of sp³-hybridized carbons (Fsp3) is 0.556. The molecule has 2 unspecified atom stereocenters. The van der Waals surface area contributed by atoms with Gasteiger partial charge in [0.15, 0.2) is 34.7 Å². The lowest BCUT2D eigenvalue weighted by Crippen LogP contribution is -2.74. The van der Waals surface area contributed by atoms with Crippen LogP contribution in [0.4, 0.5) is 18.9 Å². The first-order valence-electron chi connectivity index (χ1n) is 13.2. The van der Waals surface area contributed by atoms with Gasteiger partial charge < -0.3 is 21.3 Å². The molecule has 226 valence electrons. The number of nitrogens with two attached hydrogens (primary N) is 1. The summed E-state index contributed by atoms with van der Waals surface area (Å²) in [5, 5.41) is 24.7. The second kappa shape index (κ2) is 9.67. The summed E-state index contributed by atoms with van der Waals surface area (Å²) in [6.45, 7) is -0.696. The summed E-state index contributed by atoms with van der Waals surface area (Å²) in [6, 6.07) is -1.88. The summed E-state index contributed by atoms with van der Waals surface area (Å²) >= 11 is 0. The quantitative estimate of drug-likeness (QED) is 0.256. The van der Waals surface area contributed by atoms with Crippen LogP contribution in [0.5, 0.6) is 5.75 Å². The van der Waals surface area contributed by atoms with Gasteiger partial charge in [0, 0.05) is 24.0 Å². The van der Waals surface area contributed by atoms with Crippen LogP contribution >= 0.6 is 0 Å². The minimum atomic E-state index is -3.15. The van der Waals surface area contributed by atoms with E-state index in [0.29, 0.717) is 0 Å². The van der Waals surface area contributed by atoms with Crippen molar-refractivity contribution < 1.29 is 52.2 Å². The molecular formula is C27H29F3N4O8. The smallest absolute Gasteiger partial charge is 0.262 e. The number of nitrogens with one attached hydrogen (secondary N) is 1. The van der Waals surface area contributed by atoms with Crippen molar-refractivity contribution in [2.75, 3.05) is 33.0 Å². The van der Waals surface area contributed by atoms with Crippen molar-refractivity contribution in [3.63, 3.8) is 0 Å². The number of alkyl halides is 2. The van der Waals surface area contributed by atoms with Crippen LogP contribution < -0.4 is 11.1 Å². The number of phenolic OH excluding ortho intramolecular Hbond substituents is 1. The van der Waals surface area contributed by atoms with Crippen molar-refractivity contribution in [1.82, 2.24) is 9.80 Å². The maximum Gasteiger partial charge on any atom is 0.262 e. The predicted molar refractivity (Wildman–Crippen MR) is 136 cm³/mol. The Morgan fingerprint density at radius 3 is 2.36 bits per heavy atom. The first-order chi connectivity index (χ1) is 19.4. The Morgan fingerprint density at radius 1 is 1.17 bits per heavy atom. The molecule has 0 bridgehead atoms. The van der Waals surface area contributed by atoms with Crippen molar-refractivity contribution in [3.8, 4) is 5.75 Å². The molecule has 0 radical (unpaired) electrons. The molecule has 1 aliphatic heterocycles. The number of Topliss-reactive ketones (excluding diaryl/α,β-unsaturated/α-hetero) is 4. The molecule has 0 aromatic heterocycles. The van der Waals surface area contributed by atoms with Gasteiger partial charge in [-0.2, -0.15) is 0 Å². The molecule has 4 aliphatic rings. The number of hydrogen-bond acceptors (Lipinski definition) is 10. The van der Waals surface area contributed by atoms with Gasteiger partial charge in [0.05, 0.1) is 35.8 Å². The Bertz CT molecular complexity index is 1460.